The molecular formula is C18H20ClFN4O8P+. The standard InChI is InChI=1S/C18H19ClFN4O8P/c1-10(15(26)27)24(32-11-5-3-2-4-6-11)33(29)30-9-12-14(25)18(19,20)16(31-12)23-8-7-13(21)22-17(23)28/h2-8,10,12,14,16,25H,9H2,1H3,(H2-,21,22,26,27,28)/p+1/t10?,12-,14-,16-,18-/m1/s1. The average molecular weight is 506 g/mol. The SMILES string of the molecule is CC(C(=O)O)N(Oc1ccccc1)[P+](=O)OC[C@H]1O[C@@H](n2ccc(N)nc2=O)[C@@](F)(Cl)[C@@H]1O. The lowest BCUT2D eigenvalue weighted by atomic mass is 10.1. The summed E-state index contributed by atoms with van der Waals surface area (Å²) in [6.45, 7) is 0.536. The molecule has 2 aromatic rings. The first-order chi connectivity index (χ1) is 15.5. The van der Waals surface area contributed by atoms with Crippen LogP contribution in [0.1, 0.15) is 13.2 Å². The van der Waals surface area contributed by atoms with Gasteiger partial charge in [-0.25, -0.2) is 9.18 Å². The molecule has 15 heteroatoms. The van der Waals surface area contributed by atoms with Crippen molar-refractivity contribution >= 4 is 31.6 Å². The lowest BCUT2D eigenvalue weighted by molar-refractivity contribution is -0.148. The van der Waals surface area contributed by atoms with E-state index in [2.05, 4.69) is 4.98 Å². The summed E-state index contributed by atoms with van der Waals surface area (Å²) in [4.78, 5) is 32.9. The summed E-state index contributed by atoms with van der Waals surface area (Å²) in [5, 5.41) is 16.6. The summed E-state index contributed by atoms with van der Waals surface area (Å²) < 4.78 is 38.9. The molecule has 3 rings (SSSR count). The van der Waals surface area contributed by atoms with Crippen molar-refractivity contribution in [1.82, 2.24) is 14.4 Å². The van der Waals surface area contributed by atoms with Crippen molar-refractivity contribution in [2.24, 2.45) is 0 Å². The first-order valence-corrected chi connectivity index (χ1v) is 10.9. The first-order valence-electron chi connectivity index (χ1n) is 9.43. The Hall–Kier alpha value is -2.67. The highest BCUT2D eigenvalue weighted by atomic mass is 35.5. The summed E-state index contributed by atoms with van der Waals surface area (Å²) in [5.41, 5.74) is 4.43. The van der Waals surface area contributed by atoms with Crippen LogP contribution in [0.25, 0.3) is 0 Å². The number of para-hydroxylation sites is 1. The number of anilines is 1. The average Bonchev–Trinajstić information content (AvgIpc) is 2.99. The monoisotopic (exact) mass is 505 g/mol. The predicted octanol–water partition coefficient (Wildman–Crippen LogP) is 1.43. The van der Waals surface area contributed by atoms with Gasteiger partial charge in [-0.3, -0.25) is 9.36 Å². The van der Waals surface area contributed by atoms with Crippen molar-refractivity contribution < 1.29 is 38.1 Å². The van der Waals surface area contributed by atoms with Crippen LogP contribution in [0.3, 0.4) is 0 Å². The minimum Gasteiger partial charge on any atom is -0.480 e. The lowest BCUT2D eigenvalue weighted by Gasteiger charge is -2.22. The fraction of sp³-hybridized carbons (Fsp3) is 0.389. The molecule has 1 fully saturated rings. The molecule has 0 spiro atoms. The number of hydrogen-bond acceptors (Lipinski definition) is 9. The quantitative estimate of drug-likeness (QED) is 0.256. The zero-order valence-corrected chi connectivity index (χ0v) is 18.7. The molecule has 1 aromatic heterocycles. The van der Waals surface area contributed by atoms with Gasteiger partial charge in [0.25, 0.3) is 5.13 Å². The van der Waals surface area contributed by atoms with Crippen molar-refractivity contribution in [3.8, 4) is 5.75 Å². The molecular weight excluding hydrogens is 486 g/mol. The van der Waals surface area contributed by atoms with Gasteiger partial charge in [0.05, 0.1) is 0 Å². The number of hydroxylamine groups is 1. The van der Waals surface area contributed by atoms with Crippen molar-refractivity contribution in [2.45, 2.75) is 36.5 Å². The molecule has 6 atom stereocenters. The van der Waals surface area contributed by atoms with Crippen molar-refractivity contribution in [1.29, 1.82) is 0 Å². The van der Waals surface area contributed by atoms with Gasteiger partial charge in [0, 0.05) is 6.20 Å². The Morgan fingerprint density at radius 1 is 1.45 bits per heavy atom. The first kappa shape index (κ1) is 25.0. The van der Waals surface area contributed by atoms with E-state index in [-0.39, 0.29) is 11.6 Å². The lowest BCUT2D eigenvalue weighted by Crippen LogP contribution is -2.41. The molecule has 2 heterocycles. The zero-order chi connectivity index (χ0) is 24.3. The molecule has 1 aliphatic rings. The Kier molecular flexibility index (Phi) is 7.62. The zero-order valence-electron chi connectivity index (χ0n) is 17.0. The van der Waals surface area contributed by atoms with Gasteiger partial charge in [0.2, 0.25) is 0 Å². The minimum atomic E-state index is -2.96. The number of halogens is 2. The van der Waals surface area contributed by atoms with E-state index in [4.69, 9.17) is 31.4 Å². The molecule has 1 aliphatic heterocycles. The molecule has 1 saturated heterocycles. The summed E-state index contributed by atoms with van der Waals surface area (Å²) in [7, 11) is -2.96. The van der Waals surface area contributed by atoms with Gasteiger partial charge in [0.15, 0.2) is 18.0 Å². The maximum Gasteiger partial charge on any atom is 0.653 e. The van der Waals surface area contributed by atoms with E-state index in [0.29, 0.717) is 9.40 Å². The third kappa shape index (κ3) is 5.46. The normalized spacial score (nSPS) is 26.2. The third-order valence-electron chi connectivity index (χ3n) is 4.62. The molecule has 0 aliphatic carbocycles. The van der Waals surface area contributed by atoms with Crippen LogP contribution in [0.5, 0.6) is 5.75 Å². The third-order valence-corrected chi connectivity index (χ3v) is 6.15. The molecule has 2 unspecified atom stereocenters. The smallest absolute Gasteiger partial charge is 0.480 e. The second-order valence-electron chi connectivity index (χ2n) is 6.94. The summed E-state index contributed by atoms with van der Waals surface area (Å²) >= 11 is 5.80. The number of nitrogens with zero attached hydrogens (tertiary/aromatic N) is 3. The predicted molar refractivity (Wildman–Crippen MR) is 112 cm³/mol. The number of carbonyl (C=O) groups is 1. The van der Waals surface area contributed by atoms with E-state index in [1.807, 2.05) is 0 Å². The van der Waals surface area contributed by atoms with Crippen LogP contribution in [0.2, 0.25) is 0 Å². The molecule has 12 nitrogen and oxygen atoms in total. The van der Waals surface area contributed by atoms with Gasteiger partial charge in [-0.1, -0.05) is 29.8 Å². The molecule has 0 saturated carbocycles. The maximum absolute atomic E-state index is 15.0. The molecule has 0 bridgehead atoms. The van der Waals surface area contributed by atoms with Crippen molar-refractivity contribution in [3.63, 3.8) is 0 Å². The maximum atomic E-state index is 15.0. The van der Waals surface area contributed by atoms with Gasteiger partial charge in [-0.15, -0.1) is 4.52 Å². The van der Waals surface area contributed by atoms with Crippen LogP contribution in [-0.2, 0) is 18.6 Å². The minimum absolute atomic E-state index is 0.114. The Balaban J connectivity index is 1.73. The molecule has 4 N–H and O–H groups in total. The van der Waals surface area contributed by atoms with Crippen LogP contribution in [-0.4, -0.2) is 60.6 Å². The van der Waals surface area contributed by atoms with Crippen molar-refractivity contribution in [3.05, 3.63) is 53.1 Å². The molecule has 0 radical (unpaired) electrons. The van der Waals surface area contributed by atoms with Crippen LogP contribution >= 0.6 is 19.8 Å². The number of aliphatic carboxylic acids is 1. The van der Waals surface area contributed by atoms with Crippen LogP contribution in [0.4, 0.5) is 10.2 Å². The van der Waals surface area contributed by atoms with Gasteiger partial charge in [-0.05, 0) is 29.7 Å². The largest absolute Gasteiger partial charge is 0.653 e. The van der Waals surface area contributed by atoms with Gasteiger partial charge in [-0.2, -0.15) is 4.98 Å². The van der Waals surface area contributed by atoms with Crippen LogP contribution < -0.4 is 16.3 Å². The number of carboxylic acid groups (broad SMARTS) is 1. The van der Waals surface area contributed by atoms with E-state index in [0.717, 1.165) is 6.20 Å². The van der Waals surface area contributed by atoms with E-state index >= 15 is 4.39 Å². The fourth-order valence-corrected chi connectivity index (χ4v) is 4.07. The number of aliphatic hydroxyl groups is 1. The number of nitrogen functional groups attached to an aromatic ring is 1. The second kappa shape index (κ2) is 10.1. The van der Waals surface area contributed by atoms with Gasteiger partial charge >= 0.3 is 19.8 Å². The number of nitrogens with two attached hydrogens (primary N) is 1. The molecule has 0 amide bonds. The number of benzene rings is 1. The van der Waals surface area contributed by atoms with E-state index < -0.39 is 56.1 Å². The number of rotatable bonds is 9. The number of ether oxygens (including phenoxy) is 1. The topological polar surface area (TPSA) is 166 Å². The number of aliphatic hydroxyl groups excluding tert-OH is 1. The second-order valence-corrected chi connectivity index (χ2v) is 8.65. The van der Waals surface area contributed by atoms with E-state index in [9.17, 15) is 24.4 Å². The number of hydrogen-bond donors (Lipinski definition) is 3. The van der Waals surface area contributed by atoms with E-state index in [1.165, 1.54) is 25.1 Å². The van der Waals surface area contributed by atoms with Gasteiger partial charge < -0.3 is 25.5 Å². The summed E-state index contributed by atoms with van der Waals surface area (Å²) in [6.07, 6.45) is -4.18. The number of aromatic nitrogens is 2. The van der Waals surface area contributed by atoms with Crippen molar-refractivity contribution in [2.75, 3.05) is 12.3 Å². The van der Waals surface area contributed by atoms with Crippen LogP contribution in [0.15, 0.2) is 47.4 Å². The summed E-state index contributed by atoms with van der Waals surface area (Å²) in [6, 6.07) is 7.74. The molecule has 1 aromatic carbocycles. The highest BCUT2D eigenvalue weighted by Crippen LogP contribution is 2.45. The highest BCUT2D eigenvalue weighted by Gasteiger charge is 2.58. The Labute approximate surface area is 192 Å². The van der Waals surface area contributed by atoms with Crippen LogP contribution in [0, 0.1) is 0 Å². The number of carboxylic acids is 1. The Bertz CT molecular complexity index is 1070. The molecule has 33 heavy (non-hydrogen) atoms. The summed E-state index contributed by atoms with van der Waals surface area (Å²) in [5.74, 6) is -1.28. The fourth-order valence-electron chi connectivity index (χ4n) is 2.84. The van der Waals surface area contributed by atoms with Gasteiger partial charge in [0.1, 0.15) is 29.5 Å². The van der Waals surface area contributed by atoms with E-state index in [1.54, 1.807) is 18.2 Å². The Morgan fingerprint density at radius 3 is 2.73 bits per heavy atom. The number of alkyl halides is 2. The Morgan fingerprint density at radius 2 is 2.12 bits per heavy atom. The highest BCUT2D eigenvalue weighted by molar-refractivity contribution is 7.36. The molecule has 178 valence electrons.